The number of fused-ring (bicyclic) bond motifs is 1. The maximum absolute atomic E-state index is 12.5. The van der Waals surface area contributed by atoms with Crippen molar-refractivity contribution in [2.45, 2.75) is 6.92 Å². The first kappa shape index (κ1) is 16.7. The van der Waals surface area contributed by atoms with Crippen molar-refractivity contribution in [2.75, 3.05) is 0 Å². The second-order valence-electron chi connectivity index (χ2n) is 6.13. The summed E-state index contributed by atoms with van der Waals surface area (Å²) in [7, 11) is 0. The quantitative estimate of drug-likeness (QED) is 0.399. The average Bonchev–Trinajstić information content (AvgIpc) is 2.98. The van der Waals surface area contributed by atoms with Crippen LogP contribution in [0.3, 0.4) is 0 Å². The molecule has 1 aliphatic rings. The summed E-state index contributed by atoms with van der Waals surface area (Å²) in [6, 6.07) is 15.4. The Bertz CT molecular complexity index is 1050. The monoisotopic (exact) mass is 357 g/mol. The summed E-state index contributed by atoms with van der Waals surface area (Å²) in [5, 5.41) is 0. The highest BCUT2D eigenvalue weighted by molar-refractivity contribution is 6.14. The zero-order valence-electron chi connectivity index (χ0n) is 14.5. The van der Waals surface area contributed by atoms with Crippen LogP contribution in [0.4, 0.5) is 0 Å². The van der Waals surface area contributed by atoms with Crippen molar-refractivity contribution in [3.05, 3.63) is 95.0 Å². The summed E-state index contributed by atoms with van der Waals surface area (Å²) in [6.07, 6.45) is 4.94. The molecule has 0 N–H and O–H groups in total. The van der Waals surface area contributed by atoms with Crippen LogP contribution in [0.5, 0.6) is 11.5 Å². The van der Waals surface area contributed by atoms with Gasteiger partial charge in [-0.25, -0.2) is 4.79 Å². The smallest absolute Gasteiger partial charge is 0.343 e. The maximum Gasteiger partial charge on any atom is 0.343 e. The summed E-state index contributed by atoms with van der Waals surface area (Å²) in [5.41, 5.74) is 2.76. The first-order chi connectivity index (χ1) is 13.1. The Hall–Kier alpha value is -3.73. The number of ether oxygens (including phenoxy) is 2. The Kier molecular flexibility index (Phi) is 4.26. The Morgan fingerprint density at radius 2 is 1.78 bits per heavy atom. The van der Waals surface area contributed by atoms with Crippen LogP contribution in [0.1, 0.15) is 31.8 Å². The van der Waals surface area contributed by atoms with E-state index in [4.69, 9.17) is 9.47 Å². The molecule has 1 aromatic heterocycles. The lowest BCUT2D eigenvalue weighted by Gasteiger charge is -2.06. The Labute approximate surface area is 155 Å². The van der Waals surface area contributed by atoms with Crippen LogP contribution in [-0.4, -0.2) is 16.7 Å². The van der Waals surface area contributed by atoms with Gasteiger partial charge in [-0.2, -0.15) is 0 Å². The SMILES string of the molecule is Cc1ccc(C(=O)Oc2ccc3c(c2)OC(=Cc2ccncc2)C3=O)cc1. The fourth-order valence-corrected chi connectivity index (χ4v) is 2.70. The minimum Gasteiger partial charge on any atom is -0.452 e. The Balaban J connectivity index is 1.55. The molecule has 0 saturated carbocycles. The Morgan fingerprint density at radius 3 is 2.52 bits per heavy atom. The molecular weight excluding hydrogens is 342 g/mol. The van der Waals surface area contributed by atoms with Crippen molar-refractivity contribution in [2.24, 2.45) is 0 Å². The van der Waals surface area contributed by atoms with Gasteiger partial charge in [-0.15, -0.1) is 0 Å². The van der Waals surface area contributed by atoms with Crippen LogP contribution in [0, 0.1) is 6.92 Å². The van der Waals surface area contributed by atoms with Crippen LogP contribution < -0.4 is 9.47 Å². The van der Waals surface area contributed by atoms with E-state index in [9.17, 15) is 9.59 Å². The third-order valence-corrected chi connectivity index (χ3v) is 4.14. The van der Waals surface area contributed by atoms with E-state index in [-0.39, 0.29) is 11.5 Å². The number of aromatic nitrogens is 1. The molecule has 0 saturated heterocycles. The molecule has 0 fully saturated rings. The number of nitrogens with zero attached hydrogens (tertiary/aromatic N) is 1. The third-order valence-electron chi connectivity index (χ3n) is 4.14. The number of Topliss-reactive ketones (excluding diaryl/α,β-unsaturated/α-hetero) is 1. The average molecular weight is 357 g/mol. The minimum atomic E-state index is -0.466. The standard InChI is InChI=1S/C22H15NO4/c1-14-2-4-16(5-3-14)22(25)26-17-6-7-18-19(13-17)27-20(21(18)24)12-15-8-10-23-11-9-15/h2-13H,1H3. The van der Waals surface area contributed by atoms with Gasteiger partial charge in [0.2, 0.25) is 5.78 Å². The van der Waals surface area contributed by atoms with E-state index in [2.05, 4.69) is 4.98 Å². The zero-order chi connectivity index (χ0) is 18.8. The fraction of sp³-hybridized carbons (Fsp3) is 0.0455. The molecule has 0 aliphatic carbocycles. The number of benzene rings is 2. The van der Waals surface area contributed by atoms with E-state index in [1.807, 2.05) is 19.1 Å². The molecule has 5 nitrogen and oxygen atoms in total. The second-order valence-corrected chi connectivity index (χ2v) is 6.13. The van der Waals surface area contributed by atoms with E-state index in [1.165, 1.54) is 0 Å². The van der Waals surface area contributed by atoms with Gasteiger partial charge in [-0.05, 0) is 55.0 Å². The van der Waals surface area contributed by atoms with Gasteiger partial charge in [-0.1, -0.05) is 17.7 Å². The topological polar surface area (TPSA) is 65.5 Å². The van der Waals surface area contributed by atoms with Crippen LogP contribution in [0.15, 0.2) is 72.8 Å². The van der Waals surface area contributed by atoms with Gasteiger partial charge in [-0.3, -0.25) is 9.78 Å². The molecule has 132 valence electrons. The number of aryl methyl sites for hydroxylation is 1. The molecule has 2 heterocycles. The fourth-order valence-electron chi connectivity index (χ4n) is 2.70. The van der Waals surface area contributed by atoms with Gasteiger partial charge >= 0.3 is 5.97 Å². The number of hydrogen-bond donors (Lipinski definition) is 0. The van der Waals surface area contributed by atoms with Crippen LogP contribution in [-0.2, 0) is 0 Å². The van der Waals surface area contributed by atoms with Gasteiger partial charge in [0, 0.05) is 18.5 Å². The predicted molar refractivity (Wildman–Crippen MR) is 99.8 cm³/mol. The van der Waals surface area contributed by atoms with Gasteiger partial charge in [0.15, 0.2) is 5.76 Å². The summed E-state index contributed by atoms with van der Waals surface area (Å²) in [4.78, 5) is 28.7. The van der Waals surface area contributed by atoms with Gasteiger partial charge in [0.1, 0.15) is 11.5 Å². The van der Waals surface area contributed by atoms with E-state index in [0.29, 0.717) is 22.6 Å². The highest BCUT2D eigenvalue weighted by Gasteiger charge is 2.28. The van der Waals surface area contributed by atoms with Crippen molar-refractivity contribution in [1.82, 2.24) is 4.98 Å². The minimum absolute atomic E-state index is 0.210. The van der Waals surface area contributed by atoms with Crippen molar-refractivity contribution in [1.29, 1.82) is 0 Å². The number of ketones is 1. The third kappa shape index (κ3) is 3.48. The molecule has 0 amide bonds. The molecule has 0 atom stereocenters. The van der Waals surface area contributed by atoms with Gasteiger partial charge in [0.25, 0.3) is 0 Å². The molecule has 27 heavy (non-hydrogen) atoms. The number of esters is 1. The molecule has 0 bridgehead atoms. The van der Waals surface area contributed by atoms with Crippen LogP contribution >= 0.6 is 0 Å². The van der Waals surface area contributed by atoms with Crippen molar-refractivity contribution < 1.29 is 19.1 Å². The number of hydrogen-bond acceptors (Lipinski definition) is 5. The number of allylic oxidation sites excluding steroid dienone is 1. The largest absolute Gasteiger partial charge is 0.452 e. The van der Waals surface area contributed by atoms with E-state index < -0.39 is 5.97 Å². The van der Waals surface area contributed by atoms with Crippen molar-refractivity contribution in [3.63, 3.8) is 0 Å². The van der Waals surface area contributed by atoms with Gasteiger partial charge < -0.3 is 9.47 Å². The summed E-state index contributed by atoms with van der Waals surface area (Å²) in [6.45, 7) is 1.95. The van der Waals surface area contributed by atoms with Gasteiger partial charge in [0.05, 0.1) is 11.1 Å². The molecule has 0 spiro atoms. The molecule has 0 unspecified atom stereocenters. The molecule has 5 heteroatoms. The molecule has 0 radical (unpaired) electrons. The lowest BCUT2D eigenvalue weighted by molar-refractivity contribution is 0.0734. The van der Waals surface area contributed by atoms with Crippen molar-refractivity contribution >= 4 is 17.8 Å². The zero-order valence-corrected chi connectivity index (χ0v) is 14.5. The summed E-state index contributed by atoms with van der Waals surface area (Å²) < 4.78 is 11.1. The number of carbonyl (C=O) groups excluding carboxylic acids is 2. The first-order valence-corrected chi connectivity index (χ1v) is 8.37. The summed E-state index contributed by atoms with van der Waals surface area (Å²) >= 11 is 0. The highest BCUT2D eigenvalue weighted by Crippen LogP contribution is 2.35. The van der Waals surface area contributed by atoms with Crippen LogP contribution in [0.25, 0.3) is 6.08 Å². The van der Waals surface area contributed by atoms with Crippen LogP contribution in [0.2, 0.25) is 0 Å². The Morgan fingerprint density at radius 1 is 1.04 bits per heavy atom. The molecule has 4 rings (SSSR count). The molecule has 3 aromatic rings. The lowest BCUT2D eigenvalue weighted by Crippen LogP contribution is -2.08. The number of rotatable bonds is 3. The lowest BCUT2D eigenvalue weighted by atomic mass is 10.1. The number of pyridine rings is 1. The normalized spacial score (nSPS) is 14.0. The molecular formula is C22H15NO4. The van der Waals surface area contributed by atoms with Crippen molar-refractivity contribution in [3.8, 4) is 11.5 Å². The maximum atomic E-state index is 12.5. The van der Waals surface area contributed by atoms with E-state index in [0.717, 1.165) is 11.1 Å². The van der Waals surface area contributed by atoms with E-state index >= 15 is 0 Å². The number of carbonyl (C=O) groups is 2. The van der Waals surface area contributed by atoms with E-state index in [1.54, 1.807) is 60.9 Å². The highest BCUT2D eigenvalue weighted by atomic mass is 16.5. The first-order valence-electron chi connectivity index (χ1n) is 8.37. The predicted octanol–water partition coefficient (Wildman–Crippen LogP) is 4.23. The molecule has 2 aromatic carbocycles. The second kappa shape index (κ2) is 6.88. The molecule has 1 aliphatic heterocycles. The summed E-state index contributed by atoms with van der Waals surface area (Å²) in [5.74, 6) is 0.232.